The minimum Gasteiger partial charge on any atom is -0.484 e. The van der Waals surface area contributed by atoms with Crippen molar-refractivity contribution in [3.05, 3.63) is 30.3 Å². The van der Waals surface area contributed by atoms with E-state index >= 15 is 0 Å². The van der Waals surface area contributed by atoms with Crippen molar-refractivity contribution in [3.8, 4) is 5.75 Å². The molecule has 1 aromatic rings. The SMILES string of the molecule is C[C@@H]1CCCC[C@@H]1[NH+]1CCN(C(=O)COc2ccccc2)CC1. The van der Waals surface area contributed by atoms with Crippen LogP contribution in [0.3, 0.4) is 0 Å². The summed E-state index contributed by atoms with van der Waals surface area (Å²) in [5.74, 6) is 1.72. The molecule has 2 atom stereocenters. The number of hydrogen-bond donors (Lipinski definition) is 1. The van der Waals surface area contributed by atoms with Crippen LogP contribution in [-0.4, -0.2) is 49.6 Å². The molecular weight excluding hydrogens is 288 g/mol. The van der Waals surface area contributed by atoms with Crippen molar-refractivity contribution in [2.24, 2.45) is 5.92 Å². The molecule has 0 unspecified atom stereocenters. The Morgan fingerprint density at radius 1 is 1.17 bits per heavy atom. The van der Waals surface area contributed by atoms with Gasteiger partial charge in [0.15, 0.2) is 6.61 Å². The van der Waals surface area contributed by atoms with Crippen LogP contribution in [0.5, 0.6) is 5.75 Å². The normalized spacial score (nSPS) is 26.0. The lowest BCUT2D eigenvalue weighted by Gasteiger charge is -2.40. The summed E-state index contributed by atoms with van der Waals surface area (Å²) in [5.41, 5.74) is 0. The molecule has 2 fully saturated rings. The molecule has 23 heavy (non-hydrogen) atoms. The Kier molecular flexibility index (Phi) is 5.55. The van der Waals surface area contributed by atoms with Gasteiger partial charge in [-0.25, -0.2) is 0 Å². The first kappa shape index (κ1) is 16.3. The van der Waals surface area contributed by atoms with Crippen LogP contribution in [0.2, 0.25) is 0 Å². The smallest absolute Gasteiger partial charge is 0.260 e. The van der Waals surface area contributed by atoms with Crippen LogP contribution >= 0.6 is 0 Å². The van der Waals surface area contributed by atoms with E-state index in [1.54, 1.807) is 4.90 Å². The second-order valence-corrected chi connectivity index (χ2v) is 7.01. The number of para-hydroxylation sites is 1. The summed E-state index contributed by atoms with van der Waals surface area (Å²) in [6, 6.07) is 10.4. The van der Waals surface area contributed by atoms with Gasteiger partial charge < -0.3 is 14.5 Å². The highest BCUT2D eigenvalue weighted by atomic mass is 16.5. The maximum Gasteiger partial charge on any atom is 0.260 e. The molecule has 1 saturated heterocycles. The summed E-state index contributed by atoms with van der Waals surface area (Å²) in [7, 11) is 0. The number of piperazine rings is 1. The van der Waals surface area contributed by atoms with Gasteiger partial charge in [-0.2, -0.15) is 0 Å². The molecule has 0 bridgehead atoms. The number of carbonyl (C=O) groups is 1. The first-order valence-electron chi connectivity index (χ1n) is 9.04. The molecule has 1 amide bonds. The quantitative estimate of drug-likeness (QED) is 0.910. The zero-order valence-corrected chi connectivity index (χ0v) is 14.2. The number of carbonyl (C=O) groups excluding carboxylic acids is 1. The Hall–Kier alpha value is -1.55. The highest BCUT2D eigenvalue weighted by Crippen LogP contribution is 2.22. The Morgan fingerprint density at radius 2 is 1.87 bits per heavy atom. The number of hydrogen-bond acceptors (Lipinski definition) is 2. The van der Waals surface area contributed by atoms with E-state index in [1.807, 2.05) is 35.2 Å². The van der Waals surface area contributed by atoms with E-state index in [0.29, 0.717) is 0 Å². The van der Waals surface area contributed by atoms with Crippen molar-refractivity contribution in [3.63, 3.8) is 0 Å². The van der Waals surface area contributed by atoms with E-state index < -0.39 is 0 Å². The molecule has 4 nitrogen and oxygen atoms in total. The highest BCUT2D eigenvalue weighted by Gasteiger charge is 2.33. The molecule has 1 heterocycles. The van der Waals surface area contributed by atoms with Crippen molar-refractivity contribution >= 4 is 5.91 Å². The molecule has 0 aromatic heterocycles. The van der Waals surface area contributed by atoms with Crippen molar-refractivity contribution in [1.29, 1.82) is 0 Å². The summed E-state index contributed by atoms with van der Waals surface area (Å²) >= 11 is 0. The van der Waals surface area contributed by atoms with Crippen LogP contribution < -0.4 is 9.64 Å². The molecular formula is C19H29N2O2+. The Bertz CT molecular complexity index is 497. The molecule has 1 N–H and O–H groups in total. The highest BCUT2D eigenvalue weighted by molar-refractivity contribution is 5.77. The first-order chi connectivity index (χ1) is 11.2. The molecule has 1 aliphatic carbocycles. The molecule has 0 spiro atoms. The van der Waals surface area contributed by atoms with Gasteiger partial charge in [-0.05, 0) is 31.4 Å². The van der Waals surface area contributed by atoms with Crippen molar-refractivity contribution < 1.29 is 14.4 Å². The number of ether oxygens (including phenoxy) is 1. The summed E-state index contributed by atoms with van der Waals surface area (Å²) in [5, 5.41) is 0. The number of rotatable bonds is 4. The second kappa shape index (κ2) is 7.82. The lowest BCUT2D eigenvalue weighted by Crippen LogP contribution is -3.19. The standard InChI is InChI=1S/C19H28N2O2/c1-16-7-5-6-10-18(16)20-11-13-21(14-12-20)19(22)15-23-17-8-3-2-4-9-17/h2-4,8-9,16,18H,5-7,10-15H2,1H3/p+1/t16-,18+/m1/s1. The monoisotopic (exact) mass is 317 g/mol. The third-order valence-corrected chi connectivity index (χ3v) is 5.50. The van der Waals surface area contributed by atoms with Crippen molar-refractivity contribution in [1.82, 2.24) is 4.90 Å². The average molecular weight is 317 g/mol. The zero-order valence-electron chi connectivity index (χ0n) is 14.2. The van der Waals surface area contributed by atoms with E-state index in [0.717, 1.165) is 43.9 Å². The lowest BCUT2D eigenvalue weighted by molar-refractivity contribution is -0.934. The fraction of sp³-hybridized carbons (Fsp3) is 0.632. The van der Waals surface area contributed by atoms with E-state index in [-0.39, 0.29) is 12.5 Å². The van der Waals surface area contributed by atoms with Gasteiger partial charge in [-0.3, -0.25) is 4.79 Å². The topological polar surface area (TPSA) is 34.0 Å². The van der Waals surface area contributed by atoms with Gasteiger partial charge >= 0.3 is 0 Å². The van der Waals surface area contributed by atoms with Gasteiger partial charge in [0, 0.05) is 5.92 Å². The summed E-state index contributed by atoms with van der Waals surface area (Å²) in [6.07, 6.45) is 5.52. The fourth-order valence-corrected chi connectivity index (χ4v) is 4.09. The lowest BCUT2D eigenvalue weighted by atomic mass is 9.84. The third-order valence-electron chi connectivity index (χ3n) is 5.50. The van der Waals surface area contributed by atoms with Gasteiger partial charge in [0.05, 0.1) is 32.2 Å². The number of quaternary nitrogens is 1. The minimum atomic E-state index is 0.115. The Labute approximate surface area is 139 Å². The predicted octanol–water partition coefficient (Wildman–Crippen LogP) is 1.37. The van der Waals surface area contributed by atoms with Gasteiger partial charge in [-0.15, -0.1) is 0 Å². The molecule has 126 valence electrons. The van der Waals surface area contributed by atoms with Crippen molar-refractivity contribution in [2.45, 2.75) is 38.6 Å². The van der Waals surface area contributed by atoms with Crippen LogP contribution in [0.15, 0.2) is 30.3 Å². The molecule has 1 saturated carbocycles. The average Bonchev–Trinajstić information content (AvgIpc) is 2.61. The van der Waals surface area contributed by atoms with Crippen molar-refractivity contribution in [2.75, 3.05) is 32.8 Å². The Morgan fingerprint density at radius 3 is 2.57 bits per heavy atom. The number of amides is 1. The molecule has 4 heteroatoms. The van der Waals surface area contributed by atoms with Crippen LogP contribution in [-0.2, 0) is 4.79 Å². The van der Waals surface area contributed by atoms with E-state index in [9.17, 15) is 4.79 Å². The first-order valence-corrected chi connectivity index (χ1v) is 9.04. The van der Waals surface area contributed by atoms with Crippen LogP contribution in [0, 0.1) is 5.92 Å². The zero-order chi connectivity index (χ0) is 16.1. The van der Waals surface area contributed by atoms with Crippen LogP contribution in [0.1, 0.15) is 32.6 Å². The Balaban J connectivity index is 1.44. The van der Waals surface area contributed by atoms with Crippen LogP contribution in [0.4, 0.5) is 0 Å². The summed E-state index contributed by atoms with van der Waals surface area (Å²) < 4.78 is 5.58. The maximum absolute atomic E-state index is 12.3. The molecule has 3 rings (SSSR count). The van der Waals surface area contributed by atoms with Gasteiger partial charge in [0.25, 0.3) is 5.91 Å². The molecule has 1 aliphatic heterocycles. The van der Waals surface area contributed by atoms with E-state index in [4.69, 9.17) is 4.74 Å². The summed E-state index contributed by atoms with van der Waals surface area (Å²) in [6.45, 7) is 6.48. The number of benzene rings is 1. The molecule has 0 radical (unpaired) electrons. The summed E-state index contributed by atoms with van der Waals surface area (Å²) in [4.78, 5) is 16.0. The molecule has 2 aliphatic rings. The van der Waals surface area contributed by atoms with Gasteiger partial charge in [0.1, 0.15) is 5.75 Å². The predicted molar refractivity (Wildman–Crippen MR) is 90.6 cm³/mol. The number of nitrogens with one attached hydrogen (secondary N) is 1. The number of nitrogens with zero attached hydrogens (tertiary/aromatic N) is 1. The van der Waals surface area contributed by atoms with Crippen LogP contribution in [0.25, 0.3) is 0 Å². The third kappa shape index (κ3) is 4.25. The van der Waals surface area contributed by atoms with Gasteiger partial charge in [0.2, 0.25) is 0 Å². The van der Waals surface area contributed by atoms with E-state index in [1.165, 1.54) is 25.7 Å². The largest absolute Gasteiger partial charge is 0.484 e. The fourth-order valence-electron chi connectivity index (χ4n) is 4.09. The minimum absolute atomic E-state index is 0.115. The maximum atomic E-state index is 12.3. The van der Waals surface area contributed by atoms with Gasteiger partial charge in [-0.1, -0.05) is 31.5 Å². The molecule has 1 aromatic carbocycles. The van der Waals surface area contributed by atoms with E-state index in [2.05, 4.69) is 6.92 Å². The second-order valence-electron chi connectivity index (χ2n) is 7.01.